The summed E-state index contributed by atoms with van der Waals surface area (Å²) < 4.78 is 8.06. The monoisotopic (exact) mass is 599 g/mol. The Kier molecular flexibility index (Phi) is 8.85. The van der Waals surface area contributed by atoms with Crippen LogP contribution in [0.4, 0.5) is 0 Å². The van der Waals surface area contributed by atoms with E-state index in [1.165, 1.54) is 12.3 Å². The van der Waals surface area contributed by atoms with Gasteiger partial charge in [-0.15, -0.1) is 0 Å². The summed E-state index contributed by atoms with van der Waals surface area (Å²) >= 11 is 13.4. The lowest BCUT2D eigenvalue weighted by molar-refractivity contribution is -0.116. The number of pyridine rings is 2. The number of nitrogens with zero attached hydrogens (tertiary/aromatic N) is 3. The van der Waals surface area contributed by atoms with Crippen LogP contribution in [0, 0.1) is 6.92 Å². The smallest absolute Gasteiger partial charge is 0.269 e. The van der Waals surface area contributed by atoms with Gasteiger partial charge in [0.05, 0.1) is 17.3 Å². The van der Waals surface area contributed by atoms with Crippen LogP contribution in [0.3, 0.4) is 0 Å². The second-order valence-corrected chi connectivity index (χ2v) is 10.2. The highest BCUT2D eigenvalue weighted by Crippen LogP contribution is 2.33. The third-order valence-electron chi connectivity index (χ3n) is 6.57. The Balaban J connectivity index is 1.28. The molecule has 0 bridgehead atoms. The minimum absolute atomic E-state index is 0.150. The second kappa shape index (κ2) is 12.9. The van der Waals surface area contributed by atoms with Crippen molar-refractivity contribution in [1.29, 1.82) is 0 Å². The lowest BCUT2D eigenvalue weighted by Crippen LogP contribution is -2.21. The number of hydrogen-bond donors (Lipinski definition) is 2. The van der Waals surface area contributed by atoms with Gasteiger partial charge in [0.15, 0.2) is 0 Å². The van der Waals surface area contributed by atoms with Gasteiger partial charge in [0.25, 0.3) is 5.91 Å². The molecule has 0 aliphatic rings. The third kappa shape index (κ3) is 6.46. The zero-order chi connectivity index (χ0) is 29.6. The number of aromatic nitrogens is 3. The Bertz CT molecular complexity index is 1800. The zero-order valence-electron chi connectivity index (χ0n) is 22.9. The van der Waals surface area contributed by atoms with E-state index in [-0.39, 0.29) is 25.0 Å². The van der Waals surface area contributed by atoms with Crippen molar-refractivity contribution in [3.8, 4) is 11.4 Å². The number of para-hydroxylation sites is 1. The lowest BCUT2D eigenvalue weighted by atomic mass is 10.1. The summed E-state index contributed by atoms with van der Waals surface area (Å²) in [6.07, 6.45) is 6.44. The van der Waals surface area contributed by atoms with Crippen molar-refractivity contribution in [2.24, 2.45) is 0 Å². The van der Waals surface area contributed by atoms with Crippen LogP contribution in [0.2, 0.25) is 10.0 Å². The molecule has 0 fully saturated rings. The van der Waals surface area contributed by atoms with Gasteiger partial charge < -0.3 is 19.9 Å². The van der Waals surface area contributed by atoms with E-state index >= 15 is 0 Å². The van der Waals surface area contributed by atoms with E-state index in [9.17, 15) is 9.59 Å². The van der Waals surface area contributed by atoms with Gasteiger partial charge in [-0.2, -0.15) is 0 Å². The number of carbonyl (C=O) groups excluding carboxylic acids is 2. The van der Waals surface area contributed by atoms with Crippen LogP contribution >= 0.6 is 23.2 Å². The van der Waals surface area contributed by atoms with E-state index in [0.29, 0.717) is 38.3 Å². The highest BCUT2D eigenvalue weighted by molar-refractivity contribution is 6.37. The van der Waals surface area contributed by atoms with Crippen molar-refractivity contribution in [3.05, 3.63) is 123 Å². The zero-order valence-corrected chi connectivity index (χ0v) is 24.4. The first-order valence-electron chi connectivity index (χ1n) is 13.1. The quantitative estimate of drug-likeness (QED) is 0.194. The summed E-state index contributed by atoms with van der Waals surface area (Å²) in [6.45, 7) is 2.35. The summed E-state index contributed by atoms with van der Waals surface area (Å²) in [5, 5.41) is 7.32. The fourth-order valence-corrected chi connectivity index (χ4v) is 4.93. The molecule has 0 saturated heterocycles. The van der Waals surface area contributed by atoms with Crippen molar-refractivity contribution in [2.45, 2.75) is 20.1 Å². The molecule has 0 atom stereocenters. The minimum atomic E-state index is -0.284. The van der Waals surface area contributed by atoms with Gasteiger partial charge in [-0.1, -0.05) is 47.5 Å². The number of hydrogen-bond acceptors (Lipinski definition) is 5. The number of fused-ring (bicyclic) bond motifs is 1. The van der Waals surface area contributed by atoms with Crippen LogP contribution in [0.25, 0.3) is 22.7 Å². The average Bonchev–Trinajstić information content (AvgIpc) is 3.47. The largest absolute Gasteiger partial charge is 0.487 e. The SMILES string of the molecule is CNC(=O)c1ccc(/C=C/C(=O)NCc2cccn2-c2ccc(Cl)c(COc3cccc4ccc(C)nc34)c2Cl)cn1. The Labute approximate surface area is 253 Å². The molecule has 0 spiro atoms. The van der Waals surface area contributed by atoms with E-state index in [1.54, 1.807) is 31.3 Å². The Morgan fingerprint density at radius 3 is 2.67 bits per heavy atom. The second-order valence-electron chi connectivity index (χ2n) is 9.40. The van der Waals surface area contributed by atoms with Crippen LogP contribution in [-0.4, -0.2) is 33.4 Å². The highest BCUT2D eigenvalue weighted by Gasteiger charge is 2.16. The van der Waals surface area contributed by atoms with E-state index in [2.05, 4.69) is 20.6 Å². The molecule has 3 heterocycles. The summed E-state index contributed by atoms with van der Waals surface area (Å²) in [5.74, 6) is 0.0848. The van der Waals surface area contributed by atoms with Crippen LogP contribution in [0.1, 0.15) is 33.0 Å². The molecule has 0 saturated carbocycles. The van der Waals surface area contributed by atoms with E-state index in [4.69, 9.17) is 27.9 Å². The number of nitrogens with one attached hydrogen (secondary N) is 2. The predicted octanol–water partition coefficient (Wildman–Crippen LogP) is 6.30. The molecule has 5 rings (SSSR count). The molecule has 2 aromatic carbocycles. The van der Waals surface area contributed by atoms with Crippen LogP contribution in [0.15, 0.2) is 85.2 Å². The first kappa shape index (κ1) is 28.9. The van der Waals surface area contributed by atoms with Crippen LogP contribution < -0.4 is 15.4 Å². The first-order valence-corrected chi connectivity index (χ1v) is 13.9. The third-order valence-corrected chi connectivity index (χ3v) is 7.35. The van der Waals surface area contributed by atoms with Crippen molar-refractivity contribution >= 4 is 52.0 Å². The molecule has 0 aliphatic heterocycles. The van der Waals surface area contributed by atoms with Crippen molar-refractivity contribution in [3.63, 3.8) is 0 Å². The molecule has 212 valence electrons. The van der Waals surface area contributed by atoms with Gasteiger partial charge in [-0.3, -0.25) is 14.6 Å². The van der Waals surface area contributed by atoms with Gasteiger partial charge in [0.2, 0.25) is 5.91 Å². The van der Waals surface area contributed by atoms with Crippen molar-refractivity contribution < 1.29 is 14.3 Å². The first-order chi connectivity index (χ1) is 20.3. The normalized spacial score (nSPS) is 11.1. The molecule has 2 N–H and O–H groups in total. The average molecular weight is 601 g/mol. The van der Waals surface area contributed by atoms with Crippen molar-refractivity contribution in [1.82, 2.24) is 25.2 Å². The Hall–Kier alpha value is -4.66. The predicted molar refractivity (Wildman–Crippen MR) is 165 cm³/mol. The molecule has 0 unspecified atom stereocenters. The van der Waals surface area contributed by atoms with E-state index in [1.807, 2.05) is 66.2 Å². The van der Waals surface area contributed by atoms with Crippen molar-refractivity contribution in [2.75, 3.05) is 7.05 Å². The molecule has 0 aliphatic carbocycles. The maximum Gasteiger partial charge on any atom is 0.269 e. The molecule has 2 amide bonds. The maximum absolute atomic E-state index is 12.5. The standard InChI is InChI=1S/C32H27Cl2N5O3/c1-20-8-11-22-5-3-7-28(31(22)38-20)42-19-24-25(33)12-14-27(30(24)34)39-16-4-6-23(39)18-37-29(40)15-10-21-9-13-26(36-17-21)32(41)35-2/h3-17H,18-19H2,1-2H3,(H,35,41)(H,37,40)/b15-10+. The number of carbonyl (C=O) groups is 2. The number of rotatable bonds is 9. The molecule has 42 heavy (non-hydrogen) atoms. The fourth-order valence-electron chi connectivity index (χ4n) is 4.36. The lowest BCUT2D eigenvalue weighted by Gasteiger charge is -2.16. The molecule has 10 heteroatoms. The molecule has 5 aromatic rings. The van der Waals surface area contributed by atoms with E-state index < -0.39 is 0 Å². The molecule has 0 radical (unpaired) electrons. The highest BCUT2D eigenvalue weighted by atomic mass is 35.5. The summed E-state index contributed by atoms with van der Waals surface area (Å²) in [5.41, 5.74) is 4.83. The van der Waals surface area contributed by atoms with Gasteiger partial charge in [-0.05, 0) is 61.0 Å². The van der Waals surface area contributed by atoms with Gasteiger partial charge in [-0.25, -0.2) is 4.98 Å². The minimum Gasteiger partial charge on any atom is -0.487 e. The number of aryl methyl sites for hydroxylation is 1. The fraction of sp³-hybridized carbons (Fsp3) is 0.125. The Morgan fingerprint density at radius 2 is 1.88 bits per heavy atom. The number of benzene rings is 2. The van der Waals surface area contributed by atoms with E-state index in [0.717, 1.165) is 22.3 Å². The van der Waals surface area contributed by atoms with Gasteiger partial charge >= 0.3 is 0 Å². The Morgan fingerprint density at radius 1 is 1.02 bits per heavy atom. The number of halogens is 2. The molecule has 8 nitrogen and oxygen atoms in total. The molecule has 3 aromatic heterocycles. The van der Waals surface area contributed by atoms with Crippen LogP contribution in [0.5, 0.6) is 5.75 Å². The summed E-state index contributed by atoms with van der Waals surface area (Å²) in [6, 6.07) is 20.4. The maximum atomic E-state index is 12.5. The molecular formula is C32H27Cl2N5O3. The van der Waals surface area contributed by atoms with Crippen LogP contribution in [-0.2, 0) is 17.9 Å². The number of ether oxygens (including phenoxy) is 1. The number of amides is 2. The summed E-state index contributed by atoms with van der Waals surface area (Å²) in [4.78, 5) is 32.9. The molecular weight excluding hydrogens is 573 g/mol. The topological polar surface area (TPSA) is 98.1 Å². The van der Waals surface area contributed by atoms with Gasteiger partial charge in [0.1, 0.15) is 23.6 Å². The van der Waals surface area contributed by atoms with Gasteiger partial charge in [0, 0.05) is 52.9 Å². The summed E-state index contributed by atoms with van der Waals surface area (Å²) in [7, 11) is 1.54.